The predicted octanol–water partition coefficient (Wildman–Crippen LogP) is 2.61. The van der Waals surface area contributed by atoms with E-state index >= 15 is 0 Å². The largest absolute Gasteiger partial charge is 0.372 e. The highest BCUT2D eigenvalue weighted by Gasteiger charge is 2.42. The van der Waals surface area contributed by atoms with Crippen molar-refractivity contribution in [3.63, 3.8) is 0 Å². The molecule has 130 valence electrons. The fourth-order valence-electron chi connectivity index (χ4n) is 3.84. The van der Waals surface area contributed by atoms with Crippen LogP contribution < -0.4 is 10.2 Å². The molecule has 2 aliphatic carbocycles. The number of anilines is 1. The maximum absolute atomic E-state index is 12.5. The maximum Gasteiger partial charge on any atom is 0.253 e. The van der Waals surface area contributed by atoms with Crippen molar-refractivity contribution in [3.05, 3.63) is 23.9 Å². The molecule has 5 heteroatoms. The van der Waals surface area contributed by atoms with Crippen LogP contribution in [0.3, 0.4) is 0 Å². The standard InChI is InChI=1S/C19H27N3O2/c1-12-10-22(11-13(2)24-12)17-8-7-16(9-20-17)19(23)21-18(14-3-4-14)15-5-6-15/h7-9,12-15,18H,3-6,10-11H2,1-2H3,(H,21,23)/t12-,13+. The lowest BCUT2D eigenvalue weighted by Gasteiger charge is -2.36. The molecule has 0 aromatic carbocycles. The van der Waals surface area contributed by atoms with Gasteiger partial charge in [-0.3, -0.25) is 4.79 Å². The van der Waals surface area contributed by atoms with E-state index in [4.69, 9.17) is 4.74 Å². The van der Waals surface area contributed by atoms with Gasteiger partial charge in [0.2, 0.25) is 0 Å². The zero-order chi connectivity index (χ0) is 16.7. The van der Waals surface area contributed by atoms with E-state index in [0.717, 1.165) is 18.9 Å². The summed E-state index contributed by atoms with van der Waals surface area (Å²) in [4.78, 5) is 19.3. The van der Waals surface area contributed by atoms with Gasteiger partial charge in [0.1, 0.15) is 5.82 Å². The minimum Gasteiger partial charge on any atom is -0.372 e. The van der Waals surface area contributed by atoms with Gasteiger partial charge in [0.05, 0.1) is 17.8 Å². The molecular weight excluding hydrogens is 302 g/mol. The van der Waals surface area contributed by atoms with Gasteiger partial charge in [-0.2, -0.15) is 0 Å². The van der Waals surface area contributed by atoms with Gasteiger partial charge in [0, 0.05) is 25.3 Å². The lowest BCUT2D eigenvalue weighted by molar-refractivity contribution is -0.00546. The summed E-state index contributed by atoms with van der Waals surface area (Å²) in [6.45, 7) is 5.85. The van der Waals surface area contributed by atoms with Gasteiger partial charge in [-0.1, -0.05) is 0 Å². The first-order chi connectivity index (χ1) is 11.6. The van der Waals surface area contributed by atoms with E-state index in [0.29, 0.717) is 23.4 Å². The number of morpholine rings is 1. The van der Waals surface area contributed by atoms with Crippen molar-refractivity contribution in [3.8, 4) is 0 Å². The van der Waals surface area contributed by atoms with E-state index in [9.17, 15) is 4.79 Å². The molecular formula is C19H27N3O2. The van der Waals surface area contributed by atoms with Crippen LogP contribution in [0.1, 0.15) is 49.9 Å². The summed E-state index contributed by atoms with van der Waals surface area (Å²) in [5.41, 5.74) is 0.666. The second-order valence-electron chi connectivity index (χ2n) is 7.74. The third-order valence-electron chi connectivity index (χ3n) is 5.31. The van der Waals surface area contributed by atoms with Crippen LogP contribution in [0.2, 0.25) is 0 Å². The summed E-state index contributed by atoms with van der Waals surface area (Å²) >= 11 is 0. The van der Waals surface area contributed by atoms with E-state index in [1.54, 1.807) is 6.20 Å². The van der Waals surface area contributed by atoms with Gasteiger partial charge in [0.25, 0.3) is 5.91 Å². The Morgan fingerprint density at radius 2 is 1.79 bits per heavy atom. The Morgan fingerprint density at radius 1 is 1.17 bits per heavy atom. The van der Waals surface area contributed by atoms with Crippen molar-refractivity contribution in [1.82, 2.24) is 10.3 Å². The smallest absolute Gasteiger partial charge is 0.253 e. The molecule has 0 unspecified atom stereocenters. The summed E-state index contributed by atoms with van der Waals surface area (Å²) in [6, 6.07) is 4.25. The molecule has 3 fully saturated rings. The van der Waals surface area contributed by atoms with Crippen molar-refractivity contribution >= 4 is 11.7 Å². The van der Waals surface area contributed by atoms with Gasteiger partial charge >= 0.3 is 0 Å². The lowest BCUT2D eigenvalue weighted by Crippen LogP contribution is -2.45. The lowest BCUT2D eigenvalue weighted by atomic mass is 10.1. The van der Waals surface area contributed by atoms with Gasteiger partial charge in [0.15, 0.2) is 0 Å². The fraction of sp³-hybridized carbons (Fsp3) is 0.684. The normalized spacial score (nSPS) is 27.4. The summed E-state index contributed by atoms with van der Waals surface area (Å²) in [6.07, 6.45) is 7.20. The average molecular weight is 329 g/mol. The number of pyridine rings is 1. The summed E-state index contributed by atoms with van der Waals surface area (Å²) in [5.74, 6) is 2.38. The van der Waals surface area contributed by atoms with Crippen LogP contribution in [0, 0.1) is 11.8 Å². The van der Waals surface area contributed by atoms with Crippen LogP contribution >= 0.6 is 0 Å². The first kappa shape index (κ1) is 15.9. The quantitative estimate of drug-likeness (QED) is 0.902. The van der Waals surface area contributed by atoms with Crippen LogP contribution in [-0.2, 0) is 4.74 Å². The van der Waals surface area contributed by atoms with Gasteiger partial charge < -0.3 is 15.0 Å². The van der Waals surface area contributed by atoms with Crippen molar-refractivity contribution in [2.45, 2.75) is 57.8 Å². The molecule has 1 amide bonds. The molecule has 2 atom stereocenters. The Labute approximate surface area is 143 Å². The summed E-state index contributed by atoms with van der Waals surface area (Å²) < 4.78 is 5.77. The number of rotatable bonds is 5. The third kappa shape index (κ3) is 3.56. The van der Waals surface area contributed by atoms with Crippen LogP contribution in [-0.4, -0.2) is 42.2 Å². The van der Waals surface area contributed by atoms with Crippen LogP contribution in [0.15, 0.2) is 18.3 Å². The minimum absolute atomic E-state index is 0.0292. The highest BCUT2D eigenvalue weighted by Crippen LogP contribution is 2.44. The molecule has 2 heterocycles. The van der Waals surface area contributed by atoms with Crippen LogP contribution in [0.5, 0.6) is 0 Å². The molecule has 1 aromatic rings. The Bertz CT molecular complexity index is 573. The summed E-state index contributed by atoms with van der Waals surface area (Å²) in [7, 11) is 0. The van der Waals surface area contributed by atoms with E-state index < -0.39 is 0 Å². The highest BCUT2D eigenvalue weighted by molar-refractivity contribution is 5.94. The fourth-order valence-corrected chi connectivity index (χ4v) is 3.84. The molecule has 3 aliphatic rings. The number of hydrogen-bond acceptors (Lipinski definition) is 4. The highest BCUT2D eigenvalue weighted by atomic mass is 16.5. The SMILES string of the molecule is C[C@@H]1CN(c2ccc(C(=O)NC(C3CC3)C3CC3)cn2)C[C@H](C)O1. The molecule has 1 aliphatic heterocycles. The number of hydrogen-bond donors (Lipinski definition) is 1. The van der Waals surface area contributed by atoms with E-state index in [1.165, 1.54) is 25.7 Å². The second kappa shape index (κ2) is 6.36. The number of nitrogens with zero attached hydrogens (tertiary/aromatic N) is 2. The molecule has 2 saturated carbocycles. The molecule has 0 bridgehead atoms. The van der Waals surface area contributed by atoms with Crippen molar-refractivity contribution < 1.29 is 9.53 Å². The van der Waals surface area contributed by atoms with Crippen molar-refractivity contribution in [2.75, 3.05) is 18.0 Å². The third-order valence-corrected chi connectivity index (χ3v) is 5.31. The number of ether oxygens (including phenoxy) is 1. The Balaban J connectivity index is 1.40. The molecule has 1 aromatic heterocycles. The van der Waals surface area contributed by atoms with E-state index in [-0.39, 0.29) is 18.1 Å². The predicted molar refractivity (Wildman–Crippen MR) is 93.2 cm³/mol. The number of amides is 1. The molecule has 0 radical (unpaired) electrons. The number of aromatic nitrogens is 1. The minimum atomic E-state index is 0.0292. The first-order valence-electron chi connectivity index (χ1n) is 9.27. The molecule has 4 rings (SSSR count). The first-order valence-corrected chi connectivity index (χ1v) is 9.27. The topological polar surface area (TPSA) is 54.5 Å². The van der Waals surface area contributed by atoms with Crippen LogP contribution in [0.25, 0.3) is 0 Å². The van der Waals surface area contributed by atoms with Gasteiger partial charge in [-0.15, -0.1) is 0 Å². The Hall–Kier alpha value is -1.62. The Kier molecular flexibility index (Phi) is 4.21. The molecule has 0 spiro atoms. The molecule has 24 heavy (non-hydrogen) atoms. The number of nitrogens with one attached hydrogen (secondary N) is 1. The Morgan fingerprint density at radius 3 is 2.29 bits per heavy atom. The number of carbonyl (C=O) groups excluding carboxylic acids is 1. The monoisotopic (exact) mass is 329 g/mol. The average Bonchev–Trinajstić information content (AvgIpc) is 3.45. The van der Waals surface area contributed by atoms with Gasteiger partial charge in [-0.05, 0) is 63.5 Å². The zero-order valence-corrected chi connectivity index (χ0v) is 14.6. The second-order valence-corrected chi connectivity index (χ2v) is 7.74. The van der Waals surface area contributed by atoms with Gasteiger partial charge in [-0.25, -0.2) is 4.98 Å². The number of carbonyl (C=O) groups is 1. The van der Waals surface area contributed by atoms with Crippen LogP contribution in [0.4, 0.5) is 5.82 Å². The maximum atomic E-state index is 12.5. The molecule has 1 saturated heterocycles. The van der Waals surface area contributed by atoms with E-state index in [2.05, 4.69) is 29.0 Å². The molecule has 1 N–H and O–H groups in total. The van der Waals surface area contributed by atoms with Crippen molar-refractivity contribution in [2.24, 2.45) is 11.8 Å². The summed E-state index contributed by atoms with van der Waals surface area (Å²) in [5, 5.41) is 3.26. The molecule has 5 nitrogen and oxygen atoms in total. The van der Waals surface area contributed by atoms with E-state index in [1.807, 2.05) is 12.1 Å². The zero-order valence-electron chi connectivity index (χ0n) is 14.6. The van der Waals surface area contributed by atoms with Crippen molar-refractivity contribution in [1.29, 1.82) is 0 Å².